The summed E-state index contributed by atoms with van der Waals surface area (Å²) >= 11 is 11.3. The largest absolute Gasteiger partial charge is 0.302 e. The molecule has 1 aliphatic rings. The Hall–Kier alpha value is -1.55. The molecule has 2 aromatic rings. The van der Waals surface area contributed by atoms with Crippen LogP contribution in [0.1, 0.15) is 17.7 Å². The number of halogens is 1. The molecule has 1 aromatic carbocycles. The fraction of sp³-hybridized carbons (Fsp3) is 0.176. The van der Waals surface area contributed by atoms with E-state index in [0.29, 0.717) is 14.4 Å². The van der Waals surface area contributed by atoms with Gasteiger partial charge in [-0.2, -0.15) is 0 Å². The van der Waals surface area contributed by atoms with Crippen LogP contribution in [0.15, 0.2) is 39.0 Å². The van der Waals surface area contributed by atoms with Crippen molar-refractivity contribution < 1.29 is 9.59 Å². The van der Waals surface area contributed by atoms with Crippen molar-refractivity contribution in [2.75, 3.05) is 11.9 Å². The standard InChI is InChI=1S/C17H14BrN3O2S3/c1-10-9-25-16(19-10)20-14(22)5-6-21-15(23)13(26-17(21)24)8-11-3-2-4-12(18)7-11/h2-4,7-9H,5-6H2,1H3,(H,19,20,22). The zero-order valence-electron chi connectivity index (χ0n) is 13.7. The van der Waals surface area contributed by atoms with E-state index in [4.69, 9.17) is 12.2 Å². The predicted octanol–water partition coefficient (Wildman–Crippen LogP) is 4.44. The number of nitrogens with one attached hydrogen (secondary N) is 1. The van der Waals surface area contributed by atoms with Gasteiger partial charge in [-0.25, -0.2) is 4.98 Å². The van der Waals surface area contributed by atoms with Crippen molar-refractivity contribution in [3.8, 4) is 0 Å². The Bertz CT molecular complexity index is 910. The van der Waals surface area contributed by atoms with E-state index in [2.05, 4.69) is 26.2 Å². The molecule has 0 aliphatic carbocycles. The lowest BCUT2D eigenvalue weighted by Gasteiger charge is -2.13. The maximum absolute atomic E-state index is 12.6. The monoisotopic (exact) mass is 467 g/mol. The number of rotatable bonds is 5. The van der Waals surface area contributed by atoms with Gasteiger partial charge in [0, 0.05) is 22.8 Å². The molecular formula is C17H14BrN3O2S3. The van der Waals surface area contributed by atoms with E-state index in [1.807, 2.05) is 42.6 Å². The number of aromatic nitrogens is 1. The molecule has 3 rings (SSSR count). The lowest BCUT2D eigenvalue weighted by Crippen LogP contribution is -2.31. The number of thioether (sulfide) groups is 1. The normalized spacial score (nSPS) is 15.8. The van der Waals surface area contributed by atoms with E-state index in [9.17, 15) is 9.59 Å². The smallest absolute Gasteiger partial charge is 0.266 e. The molecule has 0 spiro atoms. The maximum Gasteiger partial charge on any atom is 0.266 e. The van der Waals surface area contributed by atoms with Gasteiger partial charge < -0.3 is 5.32 Å². The molecule has 0 unspecified atom stereocenters. The summed E-state index contributed by atoms with van der Waals surface area (Å²) in [6, 6.07) is 7.67. The first-order valence-corrected chi connectivity index (χ1v) is 10.5. The van der Waals surface area contributed by atoms with Gasteiger partial charge in [0.15, 0.2) is 5.13 Å². The summed E-state index contributed by atoms with van der Waals surface area (Å²) in [5.74, 6) is -0.359. The summed E-state index contributed by atoms with van der Waals surface area (Å²) in [5, 5.41) is 5.16. The molecule has 1 saturated heterocycles. The third kappa shape index (κ3) is 4.79. The molecular weight excluding hydrogens is 454 g/mol. The lowest BCUT2D eigenvalue weighted by atomic mass is 10.2. The minimum absolute atomic E-state index is 0.162. The Kier molecular flexibility index (Phi) is 6.23. The van der Waals surface area contributed by atoms with Crippen molar-refractivity contribution in [2.24, 2.45) is 0 Å². The van der Waals surface area contributed by atoms with Crippen molar-refractivity contribution in [2.45, 2.75) is 13.3 Å². The van der Waals surface area contributed by atoms with E-state index in [-0.39, 0.29) is 24.8 Å². The summed E-state index contributed by atoms with van der Waals surface area (Å²) in [5.41, 5.74) is 1.77. The number of aryl methyl sites for hydroxylation is 1. The van der Waals surface area contributed by atoms with Crippen LogP contribution in [0.2, 0.25) is 0 Å². The number of carbonyl (C=O) groups is 2. The van der Waals surface area contributed by atoms with Gasteiger partial charge in [0.05, 0.1) is 10.6 Å². The molecule has 1 aliphatic heterocycles. The molecule has 26 heavy (non-hydrogen) atoms. The Morgan fingerprint density at radius 2 is 2.27 bits per heavy atom. The predicted molar refractivity (Wildman–Crippen MR) is 114 cm³/mol. The minimum atomic E-state index is -0.190. The molecule has 5 nitrogen and oxygen atoms in total. The number of nitrogens with zero attached hydrogens (tertiary/aromatic N) is 2. The van der Waals surface area contributed by atoms with Crippen LogP contribution >= 0.6 is 51.2 Å². The Morgan fingerprint density at radius 1 is 1.46 bits per heavy atom. The van der Waals surface area contributed by atoms with E-state index in [0.717, 1.165) is 15.7 Å². The fourth-order valence-electron chi connectivity index (χ4n) is 2.25. The summed E-state index contributed by atoms with van der Waals surface area (Å²) in [7, 11) is 0. The van der Waals surface area contributed by atoms with Crippen LogP contribution in [0.4, 0.5) is 5.13 Å². The summed E-state index contributed by atoms with van der Waals surface area (Å²) in [6.45, 7) is 2.11. The second-order valence-corrected chi connectivity index (χ2v) is 8.93. The van der Waals surface area contributed by atoms with Crippen LogP contribution in [0.5, 0.6) is 0 Å². The topological polar surface area (TPSA) is 62.3 Å². The second-order valence-electron chi connectivity index (χ2n) is 5.48. The maximum atomic E-state index is 12.6. The molecule has 134 valence electrons. The quantitative estimate of drug-likeness (QED) is 0.519. The molecule has 0 atom stereocenters. The van der Waals surface area contributed by atoms with E-state index in [1.54, 1.807) is 0 Å². The molecule has 1 aromatic heterocycles. The molecule has 1 fully saturated rings. The number of hydrogen-bond acceptors (Lipinski definition) is 6. The minimum Gasteiger partial charge on any atom is -0.302 e. The van der Waals surface area contributed by atoms with Crippen LogP contribution in [0, 0.1) is 6.92 Å². The Morgan fingerprint density at radius 3 is 2.96 bits per heavy atom. The zero-order valence-corrected chi connectivity index (χ0v) is 17.7. The molecule has 1 N–H and O–H groups in total. The summed E-state index contributed by atoms with van der Waals surface area (Å²) in [4.78, 5) is 30.8. The van der Waals surface area contributed by atoms with Gasteiger partial charge in [-0.3, -0.25) is 14.5 Å². The zero-order chi connectivity index (χ0) is 18.7. The third-order valence-electron chi connectivity index (χ3n) is 3.45. The molecule has 9 heteroatoms. The Labute approximate surface area is 173 Å². The highest BCUT2D eigenvalue weighted by Crippen LogP contribution is 2.33. The van der Waals surface area contributed by atoms with E-state index in [1.165, 1.54) is 28.0 Å². The van der Waals surface area contributed by atoms with Crippen molar-refractivity contribution >= 4 is 78.6 Å². The van der Waals surface area contributed by atoms with Crippen LogP contribution in [-0.2, 0) is 9.59 Å². The van der Waals surface area contributed by atoms with Gasteiger partial charge >= 0.3 is 0 Å². The fourth-order valence-corrected chi connectivity index (χ4v) is 4.68. The molecule has 2 heterocycles. The van der Waals surface area contributed by atoms with Crippen molar-refractivity contribution in [1.82, 2.24) is 9.88 Å². The van der Waals surface area contributed by atoms with Gasteiger partial charge in [0.1, 0.15) is 4.32 Å². The number of thiocarbonyl (C=S) groups is 1. The second kappa shape index (κ2) is 8.43. The van der Waals surface area contributed by atoms with Crippen LogP contribution < -0.4 is 5.32 Å². The number of amides is 2. The number of thiazole rings is 1. The number of anilines is 1. The van der Waals surface area contributed by atoms with Crippen molar-refractivity contribution in [3.05, 3.63) is 50.3 Å². The lowest BCUT2D eigenvalue weighted by molar-refractivity contribution is -0.122. The Balaban J connectivity index is 1.61. The van der Waals surface area contributed by atoms with Crippen molar-refractivity contribution in [3.63, 3.8) is 0 Å². The highest BCUT2D eigenvalue weighted by atomic mass is 79.9. The molecule has 2 amide bonds. The van der Waals surface area contributed by atoms with Crippen LogP contribution in [-0.4, -0.2) is 32.6 Å². The molecule has 0 radical (unpaired) electrons. The van der Waals surface area contributed by atoms with Gasteiger partial charge in [0.2, 0.25) is 5.91 Å². The molecule has 0 saturated carbocycles. The van der Waals surface area contributed by atoms with Gasteiger partial charge in [-0.1, -0.05) is 52.0 Å². The van der Waals surface area contributed by atoms with Crippen LogP contribution in [0.3, 0.4) is 0 Å². The van der Waals surface area contributed by atoms with Gasteiger partial charge in [-0.15, -0.1) is 11.3 Å². The number of carbonyl (C=O) groups excluding carboxylic acids is 2. The average molecular weight is 468 g/mol. The number of hydrogen-bond donors (Lipinski definition) is 1. The molecule has 0 bridgehead atoms. The van der Waals surface area contributed by atoms with Crippen LogP contribution in [0.25, 0.3) is 6.08 Å². The first kappa shape index (κ1) is 19.2. The first-order chi connectivity index (χ1) is 12.4. The van der Waals surface area contributed by atoms with Gasteiger partial charge in [-0.05, 0) is 30.7 Å². The summed E-state index contributed by atoms with van der Waals surface area (Å²) in [6.07, 6.45) is 1.97. The summed E-state index contributed by atoms with van der Waals surface area (Å²) < 4.78 is 1.41. The first-order valence-electron chi connectivity index (χ1n) is 7.65. The number of benzene rings is 1. The van der Waals surface area contributed by atoms with Crippen molar-refractivity contribution in [1.29, 1.82) is 0 Å². The highest BCUT2D eigenvalue weighted by molar-refractivity contribution is 9.10. The third-order valence-corrected chi connectivity index (χ3v) is 6.19. The SMILES string of the molecule is Cc1csc(NC(=O)CCN2C(=O)C(=Cc3cccc(Br)c3)SC2=S)n1. The highest BCUT2D eigenvalue weighted by Gasteiger charge is 2.32. The van der Waals surface area contributed by atoms with E-state index >= 15 is 0 Å². The average Bonchev–Trinajstić information content (AvgIpc) is 3.09. The van der Waals surface area contributed by atoms with E-state index < -0.39 is 0 Å². The van der Waals surface area contributed by atoms with Gasteiger partial charge in [0.25, 0.3) is 5.91 Å².